The van der Waals surface area contributed by atoms with Crippen LogP contribution in [0.25, 0.3) is 0 Å². The van der Waals surface area contributed by atoms with E-state index >= 15 is 0 Å². The zero-order valence-electron chi connectivity index (χ0n) is 11.2. The molecular weight excluding hydrogens is 246 g/mol. The average molecular weight is 265 g/mol. The highest BCUT2D eigenvalue weighted by molar-refractivity contribution is 7.98. The Balaban J connectivity index is 2.72. The first kappa shape index (κ1) is 14.8. The number of hydrogen-bond donors (Lipinski definition) is 1. The summed E-state index contributed by atoms with van der Waals surface area (Å²) in [5.41, 5.74) is 0.950. The fourth-order valence-electron chi connectivity index (χ4n) is 1.57. The first-order valence-electron chi connectivity index (χ1n) is 5.80. The first-order valence-corrected chi connectivity index (χ1v) is 7.02. The molecule has 98 valence electrons. The second-order valence-corrected chi connectivity index (χ2v) is 5.73. The van der Waals surface area contributed by atoms with Gasteiger partial charge in [-0.2, -0.15) is 0 Å². The molecule has 3 nitrogen and oxygen atoms in total. The van der Waals surface area contributed by atoms with Crippen LogP contribution in [0.5, 0.6) is 0 Å². The van der Waals surface area contributed by atoms with Gasteiger partial charge in [0.05, 0.1) is 0 Å². The molecule has 1 aromatic rings. The van der Waals surface area contributed by atoms with Crippen molar-refractivity contribution in [3.05, 3.63) is 29.8 Å². The summed E-state index contributed by atoms with van der Waals surface area (Å²) >= 11 is 1.70. The SMILES string of the molecule is CSc1ccc(C(C)(C)CNC(=O)C(C)=O)cc1. The Labute approximate surface area is 112 Å². The number of thioether (sulfide) groups is 1. The highest BCUT2D eigenvalue weighted by Gasteiger charge is 2.22. The van der Waals surface area contributed by atoms with Crippen molar-refractivity contribution in [1.82, 2.24) is 5.32 Å². The van der Waals surface area contributed by atoms with Crippen molar-refractivity contribution in [2.75, 3.05) is 12.8 Å². The van der Waals surface area contributed by atoms with Gasteiger partial charge in [0.1, 0.15) is 0 Å². The van der Waals surface area contributed by atoms with Gasteiger partial charge in [0.25, 0.3) is 5.91 Å². The number of nitrogens with one attached hydrogen (secondary N) is 1. The molecule has 0 saturated carbocycles. The van der Waals surface area contributed by atoms with Crippen LogP contribution in [0.3, 0.4) is 0 Å². The van der Waals surface area contributed by atoms with Gasteiger partial charge >= 0.3 is 0 Å². The van der Waals surface area contributed by atoms with Gasteiger partial charge in [0, 0.05) is 23.8 Å². The molecule has 1 rings (SSSR count). The second kappa shape index (κ2) is 6.05. The summed E-state index contributed by atoms with van der Waals surface area (Å²) in [6, 6.07) is 8.25. The van der Waals surface area contributed by atoms with E-state index in [9.17, 15) is 9.59 Å². The average Bonchev–Trinajstić information content (AvgIpc) is 2.36. The van der Waals surface area contributed by atoms with E-state index in [1.54, 1.807) is 11.8 Å². The van der Waals surface area contributed by atoms with Gasteiger partial charge in [-0.15, -0.1) is 11.8 Å². The van der Waals surface area contributed by atoms with E-state index in [-0.39, 0.29) is 5.41 Å². The third-order valence-corrected chi connectivity index (χ3v) is 3.63. The van der Waals surface area contributed by atoms with Gasteiger partial charge in [0.2, 0.25) is 5.78 Å². The van der Waals surface area contributed by atoms with Crippen LogP contribution in [0.15, 0.2) is 29.2 Å². The lowest BCUT2D eigenvalue weighted by atomic mass is 9.84. The van der Waals surface area contributed by atoms with Crippen LogP contribution in [0.4, 0.5) is 0 Å². The number of rotatable bonds is 5. The fourth-order valence-corrected chi connectivity index (χ4v) is 1.98. The van der Waals surface area contributed by atoms with E-state index in [0.29, 0.717) is 6.54 Å². The molecule has 4 heteroatoms. The van der Waals surface area contributed by atoms with Gasteiger partial charge < -0.3 is 5.32 Å². The molecule has 1 N–H and O–H groups in total. The molecule has 1 amide bonds. The summed E-state index contributed by atoms with van der Waals surface area (Å²) in [6.07, 6.45) is 2.03. The summed E-state index contributed by atoms with van der Waals surface area (Å²) in [7, 11) is 0. The highest BCUT2D eigenvalue weighted by Crippen LogP contribution is 2.24. The largest absolute Gasteiger partial charge is 0.349 e. The molecule has 0 unspecified atom stereocenters. The number of carbonyl (C=O) groups is 2. The van der Waals surface area contributed by atoms with Crippen LogP contribution >= 0.6 is 11.8 Å². The Morgan fingerprint density at radius 2 is 1.78 bits per heavy atom. The molecule has 0 aliphatic rings. The maximum absolute atomic E-state index is 11.3. The second-order valence-electron chi connectivity index (χ2n) is 4.85. The van der Waals surface area contributed by atoms with Crippen LogP contribution in [0, 0.1) is 0 Å². The molecular formula is C14H19NO2S. The molecule has 18 heavy (non-hydrogen) atoms. The van der Waals surface area contributed by atoms with Crippen LogP contribution in [-0.2, 0) is 15.0 Å². The molecule has 0 fully saturated rings. The molecule has 0 saturated heterocycles. The molecule has 0 spiro atoms. The Kier molecular flexibility index (Phi) is 4.96. The van der Waals surface area contributed by atoms with E-state index in [1.807, 2.05) is 20.1 Å². The predicted octanol–water partition coefficient (Wildman–Crippen LogP) is 2.39. The lowest BCUT2D eigenvalue weighted by molar-refractivity contribution is -0.136. The van der Waals surface area contributed by atoms with Crippen molar-refractivity contribution in [2.45, 2.75) is 31.1 Å². The fraction of sp³-hybridized carbons (Fsp3) is 0.429. The van der Waals surface area contributed by atoms with Crippen LogP contribution in [0.1, 0.15) is 26.3 Å². The normalized spacial score (nSPS) is 11.1. The lowest BCUT2D eigenvalue weighted by Gasteiger charge is -2.25. The van der Waals surface area contributed by atoms with Crippen LogP contribution < -0.4 is 5.32 Å². The predicted molar refractivity (Wildman–Crippen MR) is 74.9 cm³/mol. The van der Waals surface area contributed by atoms with E-state index in [2.05, 4.69) is 29.6 Å². The minimum Gasteiger partial charge on any atom is -0.349 e. The summed E-state index contributed by atoms with van der Waals surface area (Å²) < 4.78 is 0. The highest BCUT2D eigenvalue weighted by atomic mass is 32.2. The third-order valence-electron chi connectivity index (χ3n) is 2.88. The quantitative estimate of drug-likeness (QED) is 0.657. The maximum atomic E-state index is 11.3. The molecule has 1 aromatic carbocycles. The van der Waals surface area contributed by atoms with E-state index in [1.165, 1.54) is 11.8 Å². The monoisotopic (exact) mass is 265 g/mol. The number of amides is 1. The summed E-state index contributed by atoms with van der Waals surface area (Å²) in [6.45, 7) is 5.81. The van der Waals surface area contributed by atoms with Crippen molar-refractivity contribution in [2.24, 2.45) is 0 Å². The van der Waals surface area contributed by atoms with Crippen molar-refractivity contribution < 1.29 is 9.59 Å². The summed E-state index contributed by atoms with van der Waals surface area (Å²) in [4.78, 5) is 23.3. The minimum absolute atomic E-state index is 0.192. The molecule has 0 bridgehead atoms. The van der Waals surface area contributed by atoms with Crippen molar-refractivity contribution in [1.29, 1.82) is 0 Å². The van der Waals surface area contributed by atoms with Gasteiger partial charge in [-0.05, 0) is 24.0 Å². The van der Waals surface area contributed by atoms with E-state index in [4.69, 9.17) is 0 Å². The molecule has 0 aromatic heterocycles. The van der Waals surface area contributed by atoms with Crippen LogP contribution in [0.2, 0.25) is 0 Å². The van der Waals surface area contributed by atoms with E-state index < -0.39 is 11.7 Å². The molecule has 0 heterocycles. The number of carbonyl (C=O) groups excluding carboxylic acids is 2. The first-order chi connectivity index (χ1) is 8.36. The third kappa shape index (κ3) is 3.88. The zero-order chi connectivity index (χ0) is 13.8. The van der Waals surface area contributed by atoms with Gasteiger partial charge in [0.15, 0.2) is 0 Å². The number of benzene rings is 1. The Bertz CT molecular complexity index is 438. The summed E-state index contributed by atoms with van der Waals surface area (Å²) in [5.74, 6) is -0.979. The Hall–Kier alpha value is -1.29. The standard InChI is InChI=1S/C14H19NO2S/c1-10(16)13(17)15-9-14(2,3)11-5-7-12(18-4)8-6-11/h5-8H,9H2,1-4H3,(H,15,17). The smallest absolute Gasteiger partial charge is 0.287 e. The molecule has 0 aliphatic carbocycles. The van der Waals surface area contributed by atoms with Crippen molar-refractivity contribution in [3.8, 4) is 0 Å². The molecule has 0 radical (unpaired) electrons. The topological polar surface area (TPSA) is 46.2 Å². The van der Waals surface area contributed by atoms with Gasteiger partial charge in [-0.3, -0.25) is 9.59 Å². The number of Topliss-reactive ketones (excluding diaryl/α,β-unsaturated/α-hetero) is 1. The lowest BCUT2D eigenvalue weighted by Crippen LogP contribution is -2.39. The van der Waals surface area contributed by atoms with Crippen LogP contribution in [-0.4, -0.2) is 24.5 Å². The molecule has 0 atom stereocenters. The molecule has 0 aliphatic heterocycles. The van der Waals surface area contributed by atoms with Crippen molar-refractivity contribution >= 4 is 23.5 Å². The van der Waals surface area contributed by atoms with Crippen molar-refractivity contribution in [3.63, 3.8) is 0 Å². The number of ketones is 1. The zero-order valence-corrected chi connectivity index (χ0v) is 12.1. The maximum Gasteiger partial charge on any atom is 0.287 e. The van der Waals surface area contributed by atoms with Gasteiger partial charge in [-0.1, -0.05) is 26.0 Å². The summed E-state index contributed by atoms with van der Waals surface area (Å²) in [5, 5.41) is 2.66. The Morgan fingerprint density at radius 3 is 2.22 bits per heavy atom. The minimum atomic E-state index is -0.524. The van der Waals surface area contributed by atoms with Gasteiger partial charge in [-0.25, -0.2) is 0 Å². The Morgan fingerprint density at radius 1 is 1.22 bits per heavy atom. The van der Waals surface area contributed by atoms with E-state index in [0.717, 1.165) is 5.56 Å². The number of hydrogen-bond acceptors (Lipinski definition) is 3.